The Morgan fingerprint density at radius 1 is 1.28 bits per heavy atom. The number of methoxy groups -OCH3 is 1. The molecule has 0 aliphatic carbocycles. The lowest BCUT2D eigenvalue weighted by Crippen LogP contribution is -2.06. The average Bonchev–Trinajstić information content (AvgIpc) is 2.41. The van der Waals surface area contributed by atoms with Crippen LogP contribution in [0.3, 0.4) is 0 Å². The number of hydrogen-bond acceptors (Lipinski definition) is 5. The minimum absolute atomic E-state index is 0.166. The highest BCUT2D eigenvalue weighted by Crippen LogP contribution is 2.17. The largest absolute Gasteiger partial charge is 0.464 e. The third kappa shape index (κ3) is 3.04. The van der Waals surface area contributed by atoms with Crippen LogP contribution in [0.25, 0.3) is 0 Å². The van der Waals surface area contributed by atoms with Crippen LogP contribution in [0.4, 0.5) is 11.5 Å². The van der Waals surface area contributed by atoms with Gasteiger partial charge < -0.3 is 10.1 Å². The van der Waals surface area contributed by atoms with Crippen molar-refractivity contribution in [3.8, 4) is 0 Å². The van der Waals surface area contributed by atoms with E-state index < -0.39 is 5.97 Å². The summed E-state index contributed by atoms with van der Waals surface area (Å²) in [5.74, 6) is -0.0258. The van der Waals surface area contributed by atoms with E-state index in [0.717, 1.165) is 10.2 Å². The number of carbonyl (C=O) groups is 1. The quantitative estimate of drug-likeness (QED) is 0.883. The number of carbonyl (C=O) groups excluding carboxylic acids is 1. The second-order valence-corrected chi connectivity index (χ2v) is 4.33. The Kier molecular flexibility index (Phi) is 3.88. The van der Waals surface area contributed by atoms with Crippen molar-refractivity contribution in [3.05, 3.63) is 46.8 Å². The molecule has 0 unspecified atom stereocenters. The Morgan fingerprint density at radius 3 is 2.67 bits per heavy atom. The topological polar surface area (TPSA) is 64.1 Å². The first-order valence-corrected chi connectivity index (χ1v) is 5.91. The molecule has 0 saturated heterocycles. The van der Waals surface area contributed by atoms with Gasteiger partial charge in [-0.15, -0.1) is 0 Å². The minimum Gasteiger partial charge on any atom is -0.464 e. The molecule has 1 N–H and O–H groups in total. The van der Waals surface area contributed by atoms with E-state index >= 15 is 0 Å². The third-order valence-electron chi connectivity index (χ3n) is 2.15. The van der Waals surface area contributed by atoms with Crippen LogP contribution in [0.1, 0.15) is 10.5 Å². The lowest BCUT2D eigenvalue weighted by Gasteiger charge is -2.06. The number of hydrogen-bond donors (Lipinski definition) is 1. The van der Waals surface area contributed by atoms with Crippen molar-refractivity contribution in [1.82, 2.24) is 9.97 Å². The minimum atomic E-state index is -0.512. The summed E-state index contributed by atoms with van der Waals surface area (Å²) in [6.45, 7) is 0. The molecule has 0 bridgehead atoms. The predicted molar refractivity (Wildman–Crippen MR) is 70.8 cm³/mol. The van der Waals surface area contributed by atoms with Gasteiger partial charge in [0.1, 0.15) is 5.82 Å². The van der Waals surface area contributed by atoms with E-state index in [9.17, 15) is 4.79 Å². The number of aromatic nitrogens is 2. The normalized spacial score (nSPS) is 9.89. The maximum Gasteiger partial charge on any atom is 0.358 e. The zero-order chi connectivity index (χ0) is 13.0. The van der Waals surface area contributed by atoms with E-state index in [4.69, 9.17) is 0 Å². The molecule has 5 nitrogen and oxygen atoms in total. The molecule has 1 heterocycles. The van der Waals surface area contributed by atoms with Gasteiger partial charge in [-0.05, 0) is 24.3 Å². The highest BCUT2D eigenvalue weighted by atomic mass is 79.9. The fourth-order valence-corrected chi connectivity index (χ4v) is 1.57. The predicted octanol–water partition coefficient (Wildman–Crippen LogP) is 2.77. The van der Waals surface area contributed by atoms with Crippen LogP contribution in [0.2, 0.25) is 0 Å². The molecule has 2 rings (SSSR count). The monoisotopic (exact) mass is 307 g/mol. The molecule has 0 spiro atoms. The average molecular weight is 308 g/mol. The first-order valence-electron chi connectivity index (χ1n) is 5.12. The Morgan fingerprint density at radius 2 is 2.00 bits per heavy atom. The first-order chi connectivity index (χ1) is 8.69. The fraction of sp³-hybridized carbons (Fsp3) is 0.0833. The summed E-state index contributed by atoms with van der Waals surface area (Å²) in [7, 11) is 1.30. The van der Waals surface area contributed by atoms with Gasteiger partial charge in [0.05, 0.1) is 19.5 Å². The summed E-state index contributed by atoms with van der Waals surface area (Å²) in [6, 6.07) is 7.58. The van der Waals surface area contributed by atoms with Gasteiger partial charge in [0.25, 0.3) is 0 Å². The van der Waals surface area contributed by atoms with Crippen LogP contribution < -0.4 is 5.32 Å². The second kappa shape index (κ2) is 5.59. The fourth-order valence-electron chi connectivity index (χ4n) is 1.31. The van der Waals surface area contributed by atoms with Gasteiger partial charge in [-0.1, -0.05) is 15.9 Å². The van der Waals surface area contributed by atoms with Crippen LogP contribution in [0.15, 0.2) is 41.1 Å². The molecule has 92 valence electrons. The highest BCUT2D eigenvalue weighted by Gasteiger charge is 2.08. The Hall–Kier alpha value is -1.95. The van der Waals surface area contributed by atoms with Crippen LogP contribution in [0, 0.1) is 0 Å². The smallest absolute Gasteiger partial charge is 0.358 e. The van der Waals surface area contributed by atoms with Crippen molar-refractivity contribution in [2.24, 2.45) is 0 Å². The van der Waals surface area contributed by atoms with Crippen LogP contribution in [-0.4, -0.2) is 23.0 Å². The standard InChI is InChI=1S/C12H10BrN3O2/c1-18-12(17)10-6-14-7-11(16-10)15-9-4-2-8(13)3-5-9/h2-7H,1H3,(H,15,16). The second-order valence-electron chi connectivity index (χ2n) is 3.41. The molecule has 0 saturated carbocycles. The van der Waals surface area contributed by atoms with Crippen LogP contribution in [-0.2, 0) is 4.74 Å². The van der Waals surface area contributed by atoms with Gasteiger partial charge in [0.15, 0.2) is 5.69 Å². The Balaban J connectivity index is 2.19. The zero-order valence-corrected chi connectivity index (χ0v) is 11.1. The van der Waals surface area contributed by atoms with Crippen molar-refractivity contribution < 1.29 is 9.53 Å². The number of anilines is 2. The summed E-state index contributed by atoms with van der Waals surface area (Å²) >= 11 is 3.35. The van der Waals surface area contributed by atoms with Gasteiger partial charge >= 0.3 is 5.97 Å². The number of benzene rings is 1. The number of nitrogens with one attached hydrogen (secondary N) is 1. The Bertz CT molecular complexity index is 558. The van der Waals surface area contributed by atoms with Crippen LogP contribution >= 0.6 is 15.9 Å². The Labute approximate surface area is 112 Å². The van der Waals surface area contributed by atoms with E-state index in [0.29, 0.717) is 5.82 Å². The lowest BCUT2D eigenvalue weighted by molar-refractivity contribution is 0.0593. The molecule has 0 amide bonds. The van der Waals surface area contributed by atoms with E-state index in [2.05, 4.69) is 36.0 Å². The van der Waals surface area contributed by atoms with Crippen molar-refractivity contribution in [1.29, 1.82) is 0 Å². The van der Waals surface area contributed by atoms with Gasteiger partial charge in [-0.25, -0.2) is 9.78 Å². The molecule has 0 aliphatic heterocycles. The molecular weight excluding hydrogens is 298 g/mol. The number of rotatable bonds is 3. The highest BCUT2D eigenvalue weighted by molar-refractivity contribution is 9.10. The molecular formula is C12H10BrN3O2. The van der Waals surface area contributed by atoms with Gasteiger partial charge in [0.2, 0.25) is 0 Å². The van der Waals surface area contributed by atoms with Crippen molar-refractivity contribution in [2.75, 3.05) is 12.4 Å². The molecule has 0 radical (unpaired) electrons. The lowest BCUT2D eigenvalue weighted by atomic mass is 10.3. The molecule has 0 fully saturated rings. The van der Waals surface area contributed by atoms with Gasteiger partial charge in [-0.3, -0.25) is 4.98 Å². The van der Waals surface area contributed by atoms with E-state index in [1.54, 1.807) is 0 Å². The van der Waals surface area contributed by atoms with Crippen molar-refractivity contribution >= 4 is 33.4 Å². The van der Waals surface area contributed by atoms with E-state index in [1.807, 2.05) is 24.3 Å². The summed E-state index contributed by atoms with van der Waals surface area (Å²) in [5, 5.41) is 3.05. The molecule has 6 heteroatoms. The zero-order valence-electron chi connectivity index (χ0n) is 9.55. The summed E-state index contributed by atoms with van der Waals surface area (Å²) in [5.41, 5.74) is 1.02. The number of esters is 1. The van der Waals surface area contributed by atoms with E-state index in [-0.39, 0.29) is 5.69 Å². The van der Waals surface area contributed by atoms with Crippen molar-refractivity contribution in [3.63, 3.8) is 0 Å². The van der Waals surface area contributed by atoms with Crippen molar-refractivity contribution in [2.45, 2.75) is 0 Å². The van der Waals surface area contributed by atoms with Crippen LogP contribution in [0.5, 0.6) is 0 Å². The SMILES string of the molecule is COC(=O)c1cncc(Nc2ccc(Br)cc2)n1. The summed E-state index contributed by atoms with van der Waals surface area (Å²) < 4.78 is 5.57. The number of nitrogens with zero attached hydrogens (tertiary/aromatic N) is 2. The molecule has 18 heavy (non-hydrogen) atoms. The maximum atomic E-state index is 11.3. The first kappa shape index (κ1) is 12.5. The maximum absolute atomic E-state index is 11.3. The molecule has 0 aliphatic rings. The number of halogens is 1. The van der Waals surface area contributed by atoms with E-state index in [1.165, 1.54) is 19.5 Å². The number of ether oxygens (including phenoxy) is 1. The molecule has 2 aromatic rings. The summed E-state index contributed by atoms with van der Waals surface area (Å²) in [6.07, 6.45) is 2.90. The molecule has 0 atom stereocenters. The third-order valence-corrected chi connectivity index (χ3v) is 2.67. The summed E-state index contributed by atoms with van der Waals surface area (Å²) in [4.78, 5) is 19.3. The van der Waals surface area contributed by atoms with Gasteiger partial charge in [-0.2, -0.15) is 0 Å². The molecule has 1 aromatic carbocycles. The molecule has 1 aromatic heterocycles. The van der Waals surface area contributed by atoms with Gasteiger partial charge in [0, 0.05) is 10.2 Å².